The summed E-state index contributed by atoms with van der Waals surface area (Å²) >= 11 is 18.2. The summed E-state index contributed by atoms with van der Waals surface area (Å²) < 4.78 is 42.2. The van der Waals surface area contributed by atoms with Crippen molar-refractivity contribution < 1.29 is 22.4 Å². The first kappa shape index (κ1) is 30.7. The third-order valence-corrected chi connectivity index (χ3v) is 8.69. The van der Waals surface area contributed by atoms with Gasteiger partial charge in [-0.2, -0.15) is 0 Å². The zero-order valence-corrected chi connectivity index (χ0v) is 24.3. The number of benzene rings is 3. The lowest BCUT2D eigenvalue weighted by Gasteiger charge is -2.33. The Morgan fingerprint density at radius 3 is 2.21 bits per heavy atom. The van der Waals surface area contributed by atoms with Gasteiger partial charge in [0.1, 0.15) is 18.4 Å². The molecule has 2 amide bonds. The minimum Gasteiger partial charge on any atom is -0.355 e. The standard InChI is InChI=1S/C27H27Cl3FN3O4S/c1-3-25(27(36)32-4-2)33(16-18-10-12-21(28)22(29)14-18)26(35)17-34(19-11-13-24(31)23(30)15-19)39(37,38)20-8-6-5-7-9-20/h5-15,25H,3-4,16-17H2,1-2H3,(H,32,36)/t25-/m0/s1. The van der Waals surface area contributed by atoms with Gasteiger partial charge in [0.2, 0.25) is 11.8 Å². The van der Waals surface area contributed by atoms with Crippen molar-refractivity contribution in [3.63, 3.8) is 0 Å². The lowest BCUT2D eigenvalue weighted by Crippen LogP contribution is -2.52. The Balaban J connectivity index is 2.08. The van der Waals surface area contributed by atoms with Crippen LogP contribution in [-0.4, -0.2) is 44.3 Å². The highest BCUT2D eigenvalue weighted by Gasteiger charge is 2.33. The zero-order chi connectivity index (χ0) is 28.7. The number of amides is 2. The first-order valence-electron chi connectivity index (χ1n) is 12.0. The van der Waals surface area contributed by atoms with Gasteiger partial charge in [-0.3, -0.25) is 13.9 Å². The van der Waals surface area contributed by atoms with Crippen LogP contribution in [0.25, 0.3) is 0 Å². The van der Waals surface area contributed by atoms with Crippen LogP contribution in [0.3, 0.4) is 0 Å². The van der Waals surface area contributed by atoms with E-state index in [1.54, 1.807) is 50.2 Å². The number of rotatable bonds is 11. The molecule has 0 fully saturated rings. The fourth-order valence-corrected chi connectivity index (χ4v) is 5.86. The maximum Gasteiger partial charge on any atom is 0.264 e. The fourth-order valence-electron chi connectivity index (χ4n) is 3.93. The van der Waals surface area contributed by atoms with E-state index in [2.05, 4.69) is 5.32 Å². The van der Waals surface area contributed by atoms with E-state index in [-0.39, 0.29) is 33.6 Å². The lowest BCUT2D eigenvalue weighted by molar-refractivity contribution is -0.140. The summed E-state index contributed by atoms with van der Waals surface area (Å²) in [5.74, 6) is -1.80. The molecule has 208 valence electrons. The van der Waals surface area contributed by atoms with Gasteiger partial charge >= 0.3 is 0 Å². The van der Waals surface area contributed by atoms with E-state index in [9.17, 15) is 22.4 Å². The maximum atomic E-state index is 13.9. The van der Waals surface area contributed by atoms with E-state index in [1.165, 1.54) is 23.1 Å². The number of carbonyl (C=O) groups excluding carboxylic acids is 2. The Hall–Kier alpha value is -2.85. The molecule has 0 aliphatic carbocycles. The summed E-state index contributed by atoms with van der Waals surface area (Å²) in [7, 11) is -4.29. The van der Waals surface area contributed by atoms with E-state index in [0.717, 1.165) is 16.4 Å². The summed E-state index contributed by atoms with van der Waals surface area (Å²) in [5, 5.41) is 3.00. The highest BCUT2D eigenvalue weighted by atomic mass is 35.5. The molecule has 7 nitrogen and oxygen atoms in total. The van der Waals surface area contributed by atoms with Crippen LogP contribution in [0.15, 0.2) is 71.6 Å². The molecule has 0 aliphatic heterocycles. The van der Waals surface area contributed by atoms with Crippen molar-refractivity contribution in [3.8, 4) is 0 Å². The van der Waals surface area contributed by atoms with E-state index in [4.69, 9.17) is 34.8 Å². The van der Waals surface area contributed by atoms with Crippen molar-refractivity contribution in [2.24, 2.45) is 0 Å². The van der Waals surface area contributed by atoms with E-state index >= 15 is 0 Å². The average molecular weight is 615 g/mol. The molecular formula is C27H27Cl3FN3O4S. The van der Waals surface area contributed by atoms with E-state index in [0.29, 0.717) is 17.1 Å². The third-order valence-electron chi connectivity index (χ3n) is 5.88. The predicted molar refractivity (Wildman–Crippen MR) is 152 cm³/mol. The van der Waals surface area contributed by atoms with Gasteiger partial charge in [0.25, 0.3) is 10.0 Å². The number of anilines is 1. The van der Waals surface area contributed by atoms with Crippen LogP contribution in [0.2, 0.25) is 15.1 Å². The van der Waals surface area contributed by atoms with Crippen LogP contribution in [0, 0.1) is 5.82 Å². The number of hydrogen-bond donors (Lipinski definition) is 1. The molecule has 3 rings (SSSR count). The van der Waals surface area contributed by atoms with E-state index < -0.39 is 40.2 Å². The Morgan fingerprint density at radius 2 is 1.62 bits per heavy atom. The second kappa shape index (κ2) is 13.5. The number of hydrogen-bond acceptors (Lipinski definition) is 4. The van der Waals surface area contributed by atoms with Crippen molar-refractivity contribution >= 4 is 62.3 Å². The molecule has 39 heavy (non-hydrogen) atoms. The van der Waals surface area contributed by atoms with Crippen LogP contribution in [0.4, 0.5) is 10.1 Å². The molecule has 0 spiro atoms. The molecule has 3 aromatic carbocycles. The minimum absolute atomic E-state index is 0.0147. The first-order valence-corrected chi connectivity index (χ1v) is 14.6. The van der Waals surface area contributed by atoms with Gasteiger partial charge in [0.15, 0.2) is 0 Å². The van der Waals surface area contributed by atoms with Crippen molar-refractivity contribution in [1.29, 1.82) is 0 Å². The Labute approximate surface area is 242 Å². The number of nitrogens with one attached hydrogen (secondary N) is 1. The first-order chi connectivity index (χ1) is 18.5. The Kier molecular flexibility index (Phi) is 10.6. The fraction of sp³-hybridized carbons (Fsp3) is 0.259. The van der Waals surface area contributed by atoms with Gasteiger partial charge in [-0.1, -0.05) is 66.0 Å². The Morgan fingerprint density at radius 1 is 0.923 bits per heavy atom. The summed E-state index contributed by atoms with van der Waals surface area (Å²) in [4.78, 5) is 28.1. The molecule has 0 aromatic heterocycles. The van der Waals surface area contributed by atoms with Gasteiger partial charge in [0, 0.05) is 13.1 Å². The quantitative estimate of drug-likeness (QED) is 0.290. The van der Waals surface area contributed by atoms with Crippen LogP contribution in [-0.2, 0) is 26.2 Å². The second-order valence-corrected chi connectivity index (χ2v) is 11.6. The molecule has 0 aliphatic rings. The molecule has 1 atom stereocenters. The molecule has 0 heterocycles. The molecule has 0 saturated heterocycles. The van der Waals surface area contributed by atoms with Gasteiger partial charge in [-0.15, -0.1) is 0 Å². The van der Waals surface area contributed by atoms with Crippen molar-refractivity contribution in [2.45, 2.75) is 37.8 Å². The maximum absolute atomic E-state index is 13.9. The smallest absolute Gasteiger partial charge is 0.264 e. The molecule has 0 saturated carbocycles. The van der Waals surface area contributed by atoms with Crippen LogP contribution < -0.4 is 9.62 Å². The minimum atomic E-state index is -4.29. The number of sulfonamides is 1. The van der Waals surface area contributed by atoms with Crippen molar-refractivity contribution in [2.75, 3.05) is 17.4 Å². The average Bonchev–Trinajstić information content (AvgIpc) is 2.91. The van der Waals surface area contributed by atoms with Crippen LogP contribution in [0.1, 0.15) is 25.8 Å². The third kappa shape index (κ3) is 7.42. The molecule has 0 bridgehead atoms. The van der Waals surface area contributed by atoms with Crippen LogP contribution in [0.5, 0.6) is 0 Å². The van der Waals surface area contributed by atoms with E-state index in [1.807, 2.05) is 0 Å². The summed E-state index contributed by atoms with van der Waals surface area (Å²) in [6.45, 7) is 3.10. The van der Waals surface area contributed by atoms with Gasteiger partial charge < -0.3 is 10.2 Å². The largest absolute Gasteiger partial charge is 0.355 e. The molecular weight excluding hydrogens is 588 g/mol. The monoisotopic (exact) mass is 613 g/mol. The van der Waals surface area contributed by atoms with Crippen molar-refractivity contribution in [3.05, 3.63) is 93.2 Å². The zero-order valence-electron chi connectivity index (χ0n) is 21.2. The SMILES string of the molecule is CCNC(=O)[C@H](CC)N(Cc1ccc(Cl)c(Cl)c1)C(=O)CN(c1ccc(F)c(Cl)c1)S(=O)(=O)c1ccccc1. The lowest BCUT2D eigenvalue weighted by atomic mass is 10.1. The Bertz CT molecular complexity index is 1440. The number of nitrogens with zero attached hydrogens (tertiary/aromatic N) is 2. The normalized spacial score (nSPS) is 12.1. The highest BCUT2D eigenvalue weighted by molar-refractivity contribution is 7.92. The van der Waals surface area contributed by atoms with Crippen molar-refractivity contribution in [1.82, 2.24) is 10.2 Å². The molecule has 1 N–H and O–H groups in total. The number of halogens is 4. The summed E-state index contributed by atoms with van der Waals surface area (Å²) in [6.07, 6.45) is 0.257. The molecule has 0 radical (unpaired) electrons. The predicted octanol–water partition coefficient (Wildman–Crippen LogP) is 5.92. The number of likely N-dealkylation sites (N-methyl/N-ethyl adjacent to an activating group) is 1. The van der Waals surface area contributed by atoms with Gasteiger partial charge in [0.05, 0.1) is 25.7 Å². The molecule has 12 heteroatoms. The second-order valence-electron chi connectivity index (χ2n) is 8.51. The molecule has 3 aromatic rings. The molecule has 0 unspecified atom stereocenters. The number of carbonyl (C=O) groups is 2. The topological polar surface area (TPSA) is 86.8 Å². The van der Waals surface area contributed by atoms with Gasteiger partial charge in [-0.25, -0.2) is 12.8 Å². The van der Waals surface area contributed by atoms with Crippen LogP contribution >= 0.6 is 34.8 Å². The highest BCUT2D eigenvalue weighted by Crippen LogP contribution is 2.29. The summed E-state index contributed by atoms with van der Waals surface area (Å²) in [5.41, 5.74) is 0.571. The summed E-state index contributed by atoms with van der Waals surface area (Å²) in [6, 6.07) is 14.8. The van der Waals surface area contributed by atoms with Gasteiger partial charge in [-0.05, 0) is 61.4 Å².